The molecule has 0 amide bonds. The first kappa shape index (κ1) is 30.2. The van der Waals surface area contributed by atoms with Gasteiger partial charge in [0.2, 0.25) is 17.2 Å². The standard InChI is InChI=1S/C43H30O5S/c1-24-28-12-3-2-10-25(28)11-9-23-49-34-18-8-17-29(35(24)34)26-19-21-27(22-20-26)36-30-13-4-6-15-32(30)37(33-16-7-5-14-31(33)36)38-39(44)41(46)43(48)42(47)40(38)45/h2-22,44-48H,1,23H2/b11-9-. The molecule has 0 saturated carbocycles. The maximum absolute atomic E-state index is 11.0. The summed E-state index contributed by atoms with van der Waals surface area (Å²) in [4.78, 5) is 1.18. The van der Waals surface area contributed by atoms with Crippen LogP contribution in [0.25, 0.3) is 66.6 Å². The highest BCUT2D eigenvalue weighted by Crippen LogP contribution is 2.57. The number of phenols is 5. The van der Waals surface area contributed by atoms with Crippen molar-refractivity contribution >= 4 is 45.0 Å². The average Bonchev–Trinajstić information content (AvgIpc) is 3.21. The minimum absolute atomic E-state index is 0.173. The third kappa shape index (κ3) is 4.80. The van der Waals surface area contributed by atoms with Crippen LogP contribution in [0.15, 0.2) is 133 Å². The van der Waals surface area contributed by atoms with Gasteiger partial charge in [0.05, 0.1) is 5.56 Å². The molecule has 0 atom stereocenters. The molecule has 6 heteroatoms. The molecule has 0 bridgehead atoms. The van der Waals surface area contributed by atoms with Gasteiger partial charge in [-0.1, -0.05) is 128 Å². The lowest BCUT2D eigenvalue weighted by Gasteiger charge is -2.20. The Morgan fingerprint density at radius 2 is 0.959 bits per heavy atom. The number of thioether (sulfide) groups is 1. The zero-order valence-electron chi connectivity index (χ0n) is 26.2. The summed E-state index contributed by atoms with van der Waals surface area (Å²) in [6, 6.07) is 38.5. The van der Waals surface area contributed by atoms with E-state index in [0.29, 0.717) is 16.3 Å². The number of hydrogen-bond acceptors (Lipinski definition) is 6. The van der Waals surface area contributed by atoms with Crippen molar-refractivity contribution in [1.82, 2.24) is 0 Å². The van der Waals surface area contributed by atoms with Crippen LogP contribution >= 0.6 is 11.8 Å². The second-order valence-electron chi connectivity index (χ2n) is 12.0. The van der Waals surface area contributed by atoms with Crippen molar-refractivity contribution in [2.45, 2.75) is 4.90 Å². The van der Waals surface area contributed by atoms with Crippen molar-refractivity contribution in [3.05, 3.63) is 145 Å². The molecule has 7 aromatic rings. The molecule has 8 rings (SSSR count). The summed E-state index contributed by atoms with van der Waals surface area (Å²) < 4.78 is 0. The Labute approximate surface area is 287 Å². The number of hydrogen-bond donors (Lipinski definition) is 5. The van der Waals surface area contributed by atoms with Crippen LogP contribution in [0.4, 0.5) is 0 Å². The molecule has 0 fully saturated rings. The van der Waals surface area contributed by atoms with Gasteiger partial charge in [-0.15, -0.1) is 11.8 Å². The normalized spacial score (nSPS) is 13.3. The number of rotatable bonds is 3. The molecule has 1 heterocycles. The summed E-state index contributed by atoms with van der Waals surface area (Å²) in [7, 11) is 0. The van der Waals surface area contributed by atoms with Gasteiger partial charge in [-0.3, -0.25) is 0 Å². The fourth-order valence-corrected chi connectivity index (χ4v) is 7.94. The molecule has 7 aromatic carbocycles. The third-order valence-corrected chi connectivity index (χ3v) is 10.3. The van der Waals surface area contributed by atoms with Gasteiger partial charge in [-0.25, -0.2) is 0 Å². The molecule has 1 aliphatic rings. The fraction of sp³-hybridized carbons (Fsp3) is 0.0233. The maximum Gasteiger partial charge on any atom is 0.208 e. The first-order valence-electron chi connectivity index (χ1n) is 15.8. The monoisotopic (exact) mass is 658 g/mol. The Balaban J connectivity index is 1.33. The lowest BCUT2D eigenvalue weighted by atomic mass is 9.84. The summed E-state index contributed by atoms with van der Waals surface area (Å²) in [5.74, 6) is -3.42. The Bertz CT molecular complexity index is 2430. The van der Waals surface area contributed by atoms with E-state index in [1.807, 2.05) is 48.5 Å². The molecule has 0 radical (unpaired) electrons. The van der Waals surface area contributed by atoms with Gasteiger partial charge in [0, 0.05) is 21.8 Å². The van der Waals surface area contributed by atoms with Gasteiger partial charge in [0.25, 0.3) is 0 Å². The van der Waals surface area contributed by atoms with Gasteiger partial charge in [0.1, 0.15) is 0 Å². The quantitative estimate of drug-likeness (QED) is 0.0736. The van der Waals surface area contributed by atoms with E-state index in [0.717, 1.165) is 61.0 Å². The zero-order chi connectivity index (χ0) is 33.8. The van der Waals surface area contributed by atoms with Crippen molar-refractivity contribution in [3.8, 4) is 62.1 Å². The van der Waals surface area contributed by atoms with Gasteiger partial charge < -0.3 is 25.5 Å². The Morgan fingerprint density at radius 3 is 1.59 bits per heavy atom. The highest BCUT2D eigenvalue weighted by atomic mass is 32.2. The minimum Gasteiger partial charge on any atom is -0.504 e. The largest absolute Gasteiger partial charge is 0.504 e. The van der Waals surface area contributed by atoms with Crippen LogP contribution in [0.3, 0.4) is 0 Å². The second-order valence-corrected chi connectivity index (χ2v) is 13.1. The molecule has 0 aromatic heterocycles. The summed E-state index contributed by atoms with van der Waals surface area (Å²) >= 11 is 1.80. The first-order valence-corrected chi connectivity index (χ1v) is 16.8. The molecule has 0 saturated heterocycles. The van der Waals surface area contributed by atoms with E-state index in [1.54, 1.807) is 11.8 Å². The first-order chi connectivity index (χ1) is 23.8. The second kappa shape index (κ2) is 11.8. The number of aromatic hydroxyl groups is 5. The predicted molar refractivity (Wildman–Crippen MR) is 200 cm³/mol. The summed E-state index contributed by atoms with van der Waals surface area (Å²) in [6.07, 6.45) is 4.37. The molecule has 0 unspecified atom stereocenters. The number of phenolic OH excluding ortho intramolecular Hbond substituents is 5. The average molecular weight is 659 g/mol. The van der Waals surface area contributed by atoms with Crippen molar-refractivity contribution in [3.63, 3.8) is 0 Å². The Morgan fingerprint density at radius 1 is 0.449 bits per heavy atom. The van der Waals surface area contributed by atoms with E-state index in [1.165, 1.54) is 4.90 Å². The SMILES string of the molecule is C=C1c2ccccc2/C=C\CSc2cccc(-c3ccc(-c4c5ccccc5c(-c5c(O)c(O)c(O)c(O)c5O)c5ccccc45)cc3)c21. The van der Waals surface area contributed by atoms with E-state index < -0.39 is 28.7 Å². The molecular formula is C43H30O5S. The van der Waals surface area contributed by atoms with Crippen LogP contribution in [-0.4, -0.2) is 31.3 Å². The van der Waals surface area contributed by atoms with Crippen LogP contribution in [0.2, 0.25) is 0 Å². The van der Waals surface area contributed by atoms with Crippen molar-refractivity contribution in [2.75, 3.05) is 5.75 Å². The number of benzene rings is 7. The fourth-order valence-electron chi connectivity index (χ4n) is 7.02. The van der Waals surface area contributed by atoms with Gasteiger partial charge >= 0.3 is 0 Å². The summed E-state index contributed by atoms with van der Waals surface area (Å²) in [5.41, 5.74) is 8.67. The lowest BCUT2D eigenvalue weighted by molar-refractivity contribution is 0.330. The zero-order valence-corrected chi connectivity index (χ0v) is 27.0. The van der Waals surface area contributed by atoms with Crippen molar-refractivity contribution in [2.24, 2.45) is 0 Å². The summed E-state index contributed by atoms with van der Waals surface area (Å²) in [6.45, 7) is 4.59. The molecule has 5 N–H and O–H groups in total. The highest BCUT2D eigenvalue weighted by Gasteiger charge is 2.28. The van der Waals surface area contributed by atoms with Gasteiger partial charge in [0.15, 0.2) is 11.5 Å². The Hall–Kier alpha value is -6.11. The van der Waals surface area contributed by atoms with Crippen LogP contribution in [0.5, 0.6) is 28.7 Å². The molecule has 238 valence electrons. The maximum atomic E-state index is 11.0. The van der Waals surface area contributed by atoms with Crippen molar-refractivity contribution in [1.29, 1.82) is 0 Å². The van der Waals surface area contributed by atoms with E-state index in [-0.39, 0.29) is 5.56 Å². The lowest BCUT2D eigenvalue weighted by Crippen LogP contribution is -1.96. The van der Waals surface area contributed by atoms with Gasteiger partial charge in [-0.2, -0.15) is 0 Å². The smallest absolute Gasteiger partial charge is 0.208 e. The minimum atomic E-state index is -0.992. The van der Waals surface area contributed by atoms with Crippen LogP contribution < -0.4 is 0 Å². The van der Waals surface area contributed by atoms with Gasteiger partial charge in [-0.05, 0) is 66.6 Å². The van der Waals surface area contributed by atoms with E-state index in [4.69, 9.17) is 0 Å². The van der Waals surface area contributed by atoms with Crippen LogP contribution in [0, 0.1) is 0 Å². The summed E-state index contributed by atoms with van der Waals surface area (Å²) in [5, 5.41) is 56.0. The molecule has 49 heavy (non-hydrogen) atoms. The van der Waals surface area contributed by atoms with E-state index in [2.05, 4.69) is 85.5 Å². The van der Waals surface area contributed by atoms with E-state index >= 15 is 0 Å². The third-order valence-electron chi connectivity index (χ3n) is 9.28. The van der Waals surface area contributed by atoms with Crippen LogP contribution in [-0.2, 0) is 0 Å². The highest BCUT2D eigenvalue weighted by molar-refractivity contribution is 7.99. The van der Waals surface area contributed by atoms with Crippen molar-refractivity contribution < 1.29 is 25.5 Å². The predicted octanol–water partition coefficient (Wildman–Crippen LogP) is 10.7. The molecule has 1 aliphatic heterocycles. The molecular weight excluding hydrogens is 629 g/mol. The number of fused-ring (bicyclic) bond motifs is 4. The molecule has 5 nitrogen and oxygen atoms in total. The Kier molecular flexibility index (Phi) is 7.31. The van der Waals surface area contributed by atoms with Crippen LogP contribution in [0.1, 0.15) is 16.7 Å². The molecule has 0 aliphatic carbocycles. The topological polar surface area (TPSA) is 101 Å². The van der Waals surface area contributed by atoms with E-state index in [9.17, 15) is 25.5 Å². The molecule has 0 spiro atoms.